The van der Waals surface area contributed by atoms with Crippen LogP contribution in [0.4, 0.5) is 28.4 Å². The van der Waals surface area contributed by atoms with Gasteiger partial charge in [-0.3, -0.25) is 57.5 Å². The van der Waals surface area contributed by atoms with Gasteiger partial charge in [-0.1, -0.05) is 162 Å². The van der Waals surface area contributed by atoms with E-state index < -0.39 is 78.4 Å². The number of amides is 12. The molecule has 6 fully saturated rings. The average Bonchev–Trinajstić information content (AvgIpc) is 1.77. The van der Waals surface area contributed by atoms with Gasteiger partial charge in [0.05, 0.1) is 64.2 Å². The Balaban J connectivity index is 0.000000172. The summed E-state index contributed by atoms with van der Waals surface area (Å²) in [5, 5.41) is 42.6. The van der Waals surface area contributed by atoms with Crippen molar-refractivity contribution in [1.29, 1.82) is 0 Å². The van der Waals surface area contributed by atoms with Gasteiger partial charge in [0.2, 0.25) is 70.9 Å². The van der Waals surface area contributed by atoms with Crippen molar-refractivity contribution in [1.82, 2.24) is 85.8 Å². The van der Waals surface area contributed by atoms with Crippen LogP contribution < -0.4 is 70.4 Å². The lowest BCUT2D eigenvalue weighted by Gasteiger charge is -2.35. The molecule has 0 radical (unpaired) electrons. The van der Waals surface area contributed by atoms with Gasteiger partial charge < -0.3 is 90.0 Å². The van der Waals surface area contributed by atoms with Crippen LogP contribution in [0.5, 0.6) is 0 Å². The lowest BCUT2D eigenvalue weighted by Crippen LogP contribution is -2.57. The number of hydrogen-bond donors (Lipinski definition) is 13. The predicted octanol–water partition coefficient (Wildman–Crippen LogP) is 8.36. The first-order valence-electron chi connectivity index (χ1n) is 47.0. The quantitative estimate of drug-likeness (QED) is 0.0201. The Hall–Kier alpha value is -12.6. The Morgan fingerprint density at radius 3 is 1.07 bits per heavy atom. The second-order valence-corrected chi connectivity index (χ2v) is 37.0. The molecule has 16 N–H and O–H groups in total. The van der Waals surface area contributed by atoms with E-state index in [0.717, 1.165) is 110 Å². The van der Waals surface area contributed by atoms with Gasteiger partial charge in [-0.05, 0) is 191 Å². The topological polar surface area (TPSA) is 483 Å². The summed E-state index contributed by atoms with van der Waals surface area (Å²) >= 11 is 1.29. The normalized spacial score (nSPS) is 19.1. The van der Waals surface area contributed by atoms with Crippen molar-refractivity contribution in [2.45, 2.75) is 250 Å². The van der Waals surface area contributed by atoms with E-state index in [9.17, 15) is 57.5 Å². The summed E-state index contributed by atoms with van der Waals surface area (Å²) in [6.07, 6.45) is 18.6. The third-order valence-electron chi connectivity index (χ3n) is 25.5. The van der Waals surface area contributed by atoms with E-state index in [0.29, 0.717) is 93.1 Å². The number of anilines is 5. The number of likely N-dealkylation sites (N-methyl/N-ethyl adjacent to an activating group) is 2. The standard InChI is InChI=1S/2C26H36N6O3.C23H32N6O3.C22H30N6O3S/c2*1-18(27-2)24(33)30-23(19-10-5-3-6-11-19)26(35)31-17-9-14-21(31)25(34)29-22-15-16-28-32(22)20-12-7-4-8-13-20;1-14(2)20(26-21(30)16(4)24)23(32)28-12-8-11-18(28)22(31)25-19-13-15(3)27-29(19)17-9-6-5-7-10-17;1-12(2)16(25-19(29)13(3)23)21(31)28-11-7-10-15(28)20(30)27-22-26-18(24)17(32-22)14-8-5-4-6-9-14/h2*4,7-8,12-13,15-16,18-19,21,23,27H,3,5-6,9-11,14,17H2,1-2H3,(H,29,34)(H,30,33);5-7,9-10,13-14,16,18,20H,8,11-12,24H2,1-4H3,(H,25,31)(H,26,30);4-6,8-9,12-13,15-16H,7,10-11,23-24H2,1-3H3,(H,25,29)(H,26,27,30)/t2*18-,21-,23-;16-,18-,20-;13-,15-,16-/m0000/s1. The summed E-state index contributed by atoms with van der Waals surface area (Å²) in [6, 6.07) is 36.2. The Morgan fingerprint density at radius 1 is 0.388 bits per heavy atom. The van der Waals surface area contributed by atoms with E-state index in [2.05, 4.69) is 73.4 Å². The Kier molecular flexibility index (Phi) is 37.2. The second-order valence-electron chi connectivity index (χ2n) is 36.0. The summed E-state index contributed by atoms with van der Waals surface area (Å²) in [5.41, 5.74) is 21.5. The summed E-state index contributed by atoms with van der Waals surface area (Å²) in [7, 11) is 3.45. The molecule has 36 nitrogen and oxygen atoms in total. The van der Waals surface area contributed by atoms with Gasteiger partial charge in [0.1, 0.15) is 71.6 Å². The molecule has 12 amide bonds. The first-order valence-corrected chi connectivity index (χ1v) is 47.8. The molecule has 2 saturated carbocycles. The monoisotopic (exact) mass is 1860 g/mol. The summed E-state index contributed by atoms with van der Waals surface area (Å²) in [5.74, 6) is -1.18. The van der Waals surface area contributed by atoms with Gasteiger partial charge in [-0.25, -0.2) is 19.0 Å². The van der Waals surface area contributed by atoms with E-state index in [-0.39, 0.29) is 88.7 Å². The molecule has 8 aromatic rings. The number of nitrogen functional groups attached to an aromatic ring is 1. The highest BCUT2D eigenvalue weighted by Gasteiger charge is 2.46. The van der Waals surface area contributed by atoms with Crippen molar-refractivity contribution in [3.8, 4) is 27.5 Å². The maximum absolute atomic E-state index is 13.8. The number of nitrogens with two attached hydrogens (primary N) is 3. The molecule has 8 heterocycles. The zero-order valence-corrected chi connectivity index (χ0v) is 79.5. The largest absolute Gasteiger partial charge is 0.382 e. The number of benzene rings is 4. The summed E-state index contributed by atoms with van der Waals surface area (Å²) in [4.78, 5) is 168. The number of thiazole rings is 1. The van der Waals surface area contributed by atoms with E-state index in [1.165, 1.54) is 16.2 Å². The molecule has 0 unspecified atom stereocenters. The number of carbonyl (C=O) groups is 12. The predicted molar refractivity (Wildman–Crippen MR) is 516 cm³/mol. The highest BCUT2D eigenvalue weighted by molar-refractivity contribution is 7.19. The van der Waals surface area contributed by atoms with Crippen molar-refractivity contribution in [3.05, 3.63) is 158 Å². The van der Waals surface area contributed by atoms with Gasteiger partial charge in [0.25, 0.3) is 0 Å². The number of carbonyl (C=O) groups excluding carboxylic acids is 12. The molecule has 37 heteroatoms. The minimum atomic E-state index is -0.748. The Morgan fingerprint density at radius 2 is 0.724 bits per heavy atom. The summed E-state index contributed by atoms with van der Waals surface area (Å²) < 4.78 is 5.01. The fraction of sp³-hybridized carbons (Fsp3) is 0.505. The maximum Gasteiger partial charge on any atom is 0.248 e. The molecule has 720 valence electrons. The molecule has 4 aromatic carbocycles. The van der Waals surface area contributed by atoms with Crippen LogP contribution in [-0.4, -0.2) is 238 Å². The van der Waals surface area contributed by atoms with Crippen molar-refractivity contribution in [3.63, 3.8) is 0 Å². The van der Waals surface area contributed by atoms with Gasteiger partial charge in [0, 0.05) is 44.4 Å². The van der Waals surface area contributed by atoms with Crippen LogP contribution in [0, 0.1) is 30.6 Å². The zero-order valence-electron chi connectivity index (χ0n) is 78.7. The number of nitrogens with one attached hydrogen (secondary N) is 10. The van der Waals surface area contributed by atoms with Crippen LogP contribution in [0.3, 0.4) is 0 Å². The minimum Gasteiger partial charge on any atom is -0.382 e. The number of aryl methyl sites for hydroxylation is 1. The molecule has 134 heavy (non-hydrogen) atoms. The molecular formula is C97H134N24O12S. The smallest absolute Gasteiger partial charge is 0.248 e. The zero-order chi connectivity index (χ0) is 96.4. The van der Waals surface area contributed by atoms with Gasteiger partial charge in [0.15, 0.2) is 5.13 Å². The average molecular weight is 1860 g/mol. The van der Waals surface area contributed by atoms with Crippen LogP contribution in [0.15, 0.2) is 152 Å². The number of likely N-dealkylation sites (tertiary alicyclic amines) is 4. The van der Waals surface area contributed by atoms with Gasteiger partial charge >= 0.3 is 0 Å². The third kappa shape index (κ3) is 26.5. The molecule has 2 aliphatic carbocycles. The lowest BCUT2D eigenvalue weighted by atomic mass is 9.83. The van der Waals surface area contributed by atoms with Crippen molar-refractivity contribution >= 4 is 111 Å². The van der Waals surface area contributed by atoms with Crippen LogP contribution in [0.1, 0.15) is 177 Å². The van der Waals surface area contributed by atoms with Crippen LogP contribution in [-0.2, 0) is 57.5 Å². The summed E-state index contributed by atoms with van der Waals surface area (Å²) in [6.45, 7) is 17.9. The minimum absolute atomic E-state index is 0.0908. The van der Waals surface area contributed by atoms with Crippen LogP contribution in [0.2, 0.25) is 0 Å². The van der Waals surface area contributed by atoms with E-state index in [4.69, 9.17) is 17.2 Å². The van der Waals surface area contributed by atoms with E-state index in [1.54, 1.807) is 101 Å². The van der Waals surface area contributed by atoms with Gasteiger partial charge in [-0.15, -0.1) is 0 Å². The second kappa shape index (κ2) is 48.9. The molecule has 0 bridgehead atoms. The number of rotatable bonds is 30. The molecule has 14 rings (SSSR count). The highest BCUT2D eigenvalue weighted by atomic mass is 32.1. The van der Waals surface area contributed by atoms with E-state index in [1.807, 2.05) is 156 Å². The first kappa shape index (κ1) is 102. The molecule has 4 aliphatic heterocycles. The fourth-order valence-electron chi connectivity index (χ4n) is 17.7. The number of nitrogens with zero attached hydrogens (tertiary/aromatic N) is 11. The fourth-order valence-corrected chi connectivity index (χ4v) is 18.6. The van der Waals surface area contributed by atoms with E-state index >= 15 is 0 Å². The van der Waals surface area contributed by atoms with Crippen LogP contribution in [0.25, 0.3) is 27.5 Å². The maximum atomic E-state index is 13.8. The van der Waals surface area contributed by atoms with Crippen molar-refractivity contribution in [2.24, 2.45) is 35.1 Å². The molecule has 6 aliphatic rings. The van der Waals surface area contributed by atoms with Crippen molar-refractivity contribution in [2.75, 3.05) is 67.3 Å². The SMILES string of the molecule is CC(C)[C@H](NC(=O)[C@H](C)N)C(=O)N1CCC[C@H]1C(=O)Nc1nc(N)c(-c2ccccc2)s1.CN[C@@H](C)C(=O)N[C@H](C(=O)N1CCC[C@H]1C(=O)Nc1ccnn1-c1ccccc1)C1CCCCC1.CN[C@@H](C)C(=O)N[C@H](C(=O)N1CCC[C@H]1C(=O)Nc1ccnn1-c1ccccc1)C1CCCCC1.Cc1cc(NC(=O)[C@@H]2CCCN2C(=O)[C@@H](NC(=O)[C@H](C)N)C(C)C)n(-c2ccccc2)n1. The highest BCUT2D eigenvalue weighted by Crippen LogP contribution is 2.37. The molecule has 0 spiro atoms. The molecule has 4 aromatic heterocycles. The number of para-hydroxylation sites is 3. The third-order valence-corrected chi connectivity index (χ3v) is 26.5. The molecule has 12 atom stereocenters. The molecule has 4 saturated heterocycles. The first-order chi connectivity index (χ1) is 64.3. The number of hydrogen-bond acceptors (Lipinski definition) is 22. The Labute approximate surface area is 787 Å². The van der Waals surface area contributed by atoms with Gasteiger partial charge in [-0.2, -0.15) is 15.3 Å². The Bertz CT molecular complexity index is 5100. The lowest BCUT2D eigenvalue weighted by molar-refractivity contribution is -0.142. The van der Waals surface area contributed by atoms with Crippen molar-refractivity contribution < 1.29 is 57.5 Å². The number of aromatic nitrogens is 7. The van der Waals surface area contributed by atoms with Crippen LogP contribution >= 0.6 is 11.3 Å². The molecular weight excluding hydrogens is 1730 g/mol.